The van der Waals surface area contributed by atoms with Gasteiger partial charge in [-0.3, -0.25) is 14.5 Å². The van der Waals surface area contributed by atoms with Gasteiger partial charge in [-0.2, -0.15) is 0 Å². The molecule has 1 atom stereocenters. The third kappa shape index (κ3) is 4.18. The maximum Gasteiger partial charge on any atom is 0.262 e. The number of fused-ring (bicyclic) bond motifs is 1. The van der Waals surface area contributed by atoms with Crippen molar-refractivity contribution < 1.29 is 27.5 Å². The summed E-state index contributed by atoms with van der Waals surface area (Å²) < 4.78 is 36.0. The number of hydrogen-bond acceptors (Lipinski definition) is 6. The first-order valence-corrected chi connectivity index (χ1v) is 11.8. The van der Waals surface area contributed by atoms with Gasteiger partial charge >= 0.3 is 0 Å². The van der Waals surface area contributed by atoms with Crippen LogP contribution in [-0.4, -0.2) is 50.4 Å². The number of amides is 2. The number of para-hydroxylation sites is 1. The summed E-state index contributed by atoms with van der Waals surface area (Å²) in [6, 6.07) is 9.02. The topological polar surface area (TPSA) is 90.0 Å². The van der Waals surface area contributed by atoms with Gasteiger partial charge in [-0.25, -0.2) is 8.42 Å². The second kappa shape index (κ2) is 8.47. The summed E-state index contributed by atoms with van der Waals surface area (Å²) in [6.45, 7) is 6.13. The van der Waals surface area contributed by atoms with Gasteiger partial charge in [-0.05, 0) is 39.0 Å². The molecule has 8 heteroatoms. The normalized spacial score (nSPS) is 14.6. The Morgan fingerprint density at radius 2 is 1.63 bits per heavy atom. The summed E-state index contributed by atoms with van der Waals surface area (Å²) in [5, 5.41) is 0. The van der Waals surface area contributed by atoms with Gasteiger partial charge in [0.15, 0.2) is 11.5 Å². The molecule has 0 spiro atoms. The molecule has 0 fully saturated rings. The highest BCUT2D eigenvalue weighted by Gasteiger charge is 2.43. The van der Waals surface area contributed by atoms with Crippen LogP contribution >= 0.6 is 0 Å². The molecule has 2 aromatic rings. The lowest BCUT2D eigenvalue weighted by Gasteiger charge is -2.28. The summed E-state index contributed by atoms with van der Waals surface area (Å²) in [7, 11) is -3.55. The average molecular weight is 432 g/mol. The van der Waals surface area contributed by atoms with E-state index in [0.29, 0.717) is 30.3 Å². The minimum Gasteiger partial charge on any atom is -0.490 e. The fourth-order valence-corrected chi connectivity index (χ4v) is 4.51. The van der Waals surface area contributed by atoms with Gasteiger partial charge in [0.1, 0.15) is 9.84 Å². The van der Waals surface area contributed by atoms with E-state index in [1.165, 1.54) is 0 Å². The molecule has 2 amide bonds. The van der Waals surface area contributed by atoms with E-state index in [1.54, 1.807) is 43.3 Å². The summed E-state index contributed by atoms with van der Waals surface area (Å²) in [6.07, 6.45) is 1.08. The van der Waals surface area contributed by atoms with Crippen LogP contribution < -0.4 is 9.47 Å². The number of nitrogens with zero attached hydrogens (tertiary/aromatic N) is 1. The van der Waals surface area contributed by atoms with Crippen LogP contribution in [0.4, 0.5) is 0 Å². The van der Waals surface area contributed by atoms with E-state index in [2.05, 4.69) is 0 Å². The molecule has 1 aliphatic heterocycles. The number of aryl methyl sites for hydroxylation is 1. The Morgan fingerprint density at radius 1 is 0.967 bits per heavy atom. The largest absolute Gasteiger partial charge is 0.490 e. The highest BCUT2D eigenvalue weighted by molar-refractivity contribution is 7.90. The van der Waals surface area contributed by atoms with E-state index in [-0.39, 0.29) is 11.1 Å². The van der Waals surface area contributed by atoms with Crippen molar-refractivity contribution in [3.05, 3.63) is 58.7 Å². The molecule has 0 bridgehead atoms. The van der Waals surface area contributed by atoms with Gasteiger partial charge < -0.3 is 9.47 Å². The third-order valence-electron chi connectivity index (χ3n) is 4.80. The minimum absolute atomic E-state index is 0.267. The van der Waals surface area contributed by atoms with Gasteiger partial charge in [-0.1, -0.05) is 23.8 Å². The molecule has 1 unspecified atom stereocenters. The first kappa shape index (κ1) is 21.8. The number of imide groups is 1. The van der Waals surface area contributed by atoms with Gasteiger partial charge in [0, 0.05) is 11.8 Å². The molecule has 7 nitrogen and oxygen atoms in total. The molecule has 0 saturated heterocycles. The minimum atomic E-state index is -3.55. The van der Waals surface area contributed by atoms with Crippen molar-refractivity contribution in [1.29, 1.82) is 0 Å². The lowest BCUT2D eigenvalue weighted by atomic mass is 10.0. The summed E-state index contributed by atoms with van der Waals surface area (Å²) in [5.74, 6) is -0.692. The maximum absolute atomic E-state index is 13.2. The van der Waals surface area contributed by atoms with E-state index in [1.807, 2.05) is 13.8 Å². The average Bonchev–Trinajstić information content (AvgIpc) is 2.91. The van der Waals surface area contributed by atoms with Crippen LogP contribution in [0.1, 0.15) is 51.7 Å². The second-order valence-corrected chi connectivity index (χ2v) is 9.36. The Hall–Kier alpha value is -2.87. The Labute approximate surface area is 176 Å². The second-order valence-electron chi connectivity index (χ2n) is 7.18. The molecule has 0 aromatic heterocycles. The molecule has 2 aromatic carbocycles. The Balaban J connectivity index is 2.18. The van der Waals surface area contributed by atoms with Gasteiger partial charge in [0.05, 0.1) is 36.1 Å². The van der Waals surface area contributed by atoms with E-state index in [4.69, 9.17) is 9.47 Å². The van der Waals surface area contributed by atoms with Crippen molar-refractivity contribution in [3.8, 4) is 11.5 Å². The van der Waals surface area contributed by atoms with Crippen molar-refractivity contribution in [2.24, 2.45) is 0 Å². The molecule has 3 rings (SSSR count). The summed E-state index contributed by atoms with van der Waals surface area (Å²) in [5.41, 5.74) is 1.80. The zero-order chi connectivity index (χ0) is 22.1. The Morgan fingerprint density at radius 3 is 2.27 bits per heavy atom. The smallest absolute Gasteiger partial charge is 0.262 e. The highest BCUT2D eigenvalue weighted by atomic mass is 32.2. The SMILES string of the molecule is CCOc1cccc(C(CS(C)(=O)=O)N2C(=O)c3ccc(C)cc3C2=O)c1OCC. The zero-order valence-electron chi connectivity index (χ0n) is 17.5. The third-order valence-corrected chi connectivity index (χ3v) is 5.72. The number of rotatable bonds is 8. The predicted molar refractivity (Wildman–Crippen MR) is 113 cm³/mol. The number of carbonyl (C=O) groups excluding carboxylic acids is 2. The van der Waals surface area contributed by atoms with Crippen molar-refractivity contribution in [2.45, 2.75) is 26.8 Å². The van der Waals surface area contributed by atoms with Crippen molar-refractivity contribution in [2.75, 3.05) is 25.2 Å². The van der Waals surface area contributed by atoms with Crippen LogP contribution in [0.2, 0.25) is 0 Å². The van der Waals surface area contributed by atoms with Crippen molar-refractivity contribution >= 4 is 21.7 Å². The van der Waals surface area contributed by atoms with Gasteiger partial charge in [-0.15, -0.1) is 0 Å². The fraction of sp³-hybridized carbons (Fsp3) is 0.364. The van der Waals surface area contributed by atoms with Crippen molar-refractivity contribution in [1.82, 2.24) is 4.90 Å². The number of hydrogen-bond donors (Lipinski definition) is 0. The Bertz CT molecular complexity index is 1090. The number of carbonyl (C=O) groups is 2. The first-order valence-electron chi connectivity index (χ1n) is 9.72. The van der Waals surface area contributed by atoms with E-state index >= 15 is 0 Å². The Kier molecular flexibility index (Phi) is 6.17. The van der Waals surface area contributed by atoms with Crippen molar-refractivity contribution in [3.63, 3.8) is 0 Å². The zero-order valence-corrected chi connectivity index (χ0v) is 18.3. The molecule has 0 radical (unpaired) electrons. The molecule has 0 aliphatic carbocycles. The molecule has 1 aliphatic rings. The first-order chi connectivity index (χ1) is 14.2. The molecular formula is C22H25NO6S. The summed E-state index contributed by atoms with van der Waals surface area (Å²) in [4.78, 5) is 27.3. The maximum atomic E-state index is 13.2. The molecule has 30 heavy (non-hydrogen) atoms. The molecule has 0 N–H and O–H groups in total. The van der Waals surface area contributed by atoms with E-state index in [9.17, 15) is 18.0 Å². The molecular weight excluding hydrogens is 406 g/mol. The quantitative estimate of drug-likeness (QED) is 0.597. The van der Waals surface area contributed by atoms with E-state index in [0.717, 1.165) is 16.7 Å². The predicted octanol–water partition coefficient (Wildman–Crippen LogP) is 3.17. The fourth-order valence-electron chi connectivity index (χ4n) is 3.61. The van der Waals surface area contributed by atoms with Crippen LogP contribution in [0.15, 0.2) is 36.4 Å². The highest BCUT2D eigenvalue weighted by Crippen LogP contribution is 2.41. The lowest BCUT2D eigenvalue weighted by Crippen LogP contribution is -2.38. The van der Waals surface area contributed by atoms with Gasteiger partial charge in [0.25, 0.3) is 11.8 Å². The molecule has 1 heterocycles. The summed E-state index contributed by atoms with van der Waals surface area (Å²) >= 11 is 0. The number of ether oxygens (including phenoxy) is 2. The van der Waals surface area contributed by atoms with Crippen LogP contribution in [0.5, 0.6) is 11.5 Å². The lowest BCUT2D eigenvalue weighted by molar-refractivity contribution is 0.0595. The monoisotopic (exact) mass is 431 g/mol. The van der Waals surface area contributed by atoms with Crippen LogP contribution in [-0.2, 0) is 9.84 Å². The number of benzene rings is 2. The van der Waals surface area contributed by atoms with Crippen LogP contribution in [0.25, 0.3) is 0 Å². The van der Waals surface area contributed by atoms with E-state index < -0.39 is 33.4 Å². The molecule has 160 valence electrons. The standard InChI is InChI=1S/C22H25NO6S/c1-5-28-19-9-7-8-16(20(19)29-6-2)18(13-30(4,26)27)23-21(24)15-11-10-14(3)12-17(15)22(23)25/h7-12,18H,5-6,13H2,1-4H3. The van der Waals surface area contributed by atoms with Crippen LogP contribution in [0.3, 0.4) is 0 Å². The van der Waals surface area contributed by atoms with Gasteiger partial charge in [0.2, 0.25) is 0 Å². The number of sulfone groups is 1. The molecule has 0 saturated carbocycles. The van der Waals surface area contributed by atoms with Crippen LogP contribution in [0, 0.1) is 6.92 Å².